The van der Waals surface area contributed by atoms with Crippen molar-refractivity contribution in [1.29, 1.82) is 0 Å². The largest absolute Gasteiger partial charge is 0.381 e. The zero-order valence-corrected chi connectivity index (χ0v) is 12.5. The van der Waals surface area contributed by atoms with Crippen molar-refractivity contribution in [3.05, 3.63) is 24.2 Å². The van der Waals surface area contributed by atoms with Crippen LogP contribution in [-0.4, -0.2) is 52.3 Å². The fraction of sp³-hybridized carbons (Fsp3) is 0.625. The normalized spacial score (nSPS) is 26.9. The van der Waals surface area contributed by atoms with Crippen molar-refractivity contribution >= 4 is 11.2 Å². The highest BCUT2D eigenvalue weighted by Crippen LogP contribution is 2.33. The Morgan fingerprint density at radius 2 is 2.33 bits per heavy atom. The van der Waals surface area contributed by atoms with Crippen LogP contribution in [0.3, 0.4) is 0 Å². The number of nitrogens with zero attached hydrogens (tertiary/aromatic N) is 4. The van der Waals surface area contributed by atoms with Crippen LogP contribution in [0, 0.1) is 0 Å². The number of ether oxygens (including phenoxy) is 1. The van der Waals surface area contributed by atoms with E-state index in [2.05, 4.69) is 27.4 Å². The monoisotopic (exact) mass is 286 g/mol. The molecule has 0 spiro atoms. The standard InChI is InChI=1S/C16H22N4O/c1-2-19-8-5-13(10-19)20-15(12-6-9-21-11-12)18-14-4-3-7-17-16(14)20/h3-4,7,12-13H,2,5-6,8-11H2,1H3. The molecule has 2 aromatic heterocycles. The lowest BCUT2D eigenvalue weighted by atomic mass is 10.1. The van der Waals surface area contributed by atoms with Gasteiger partial charge in [-0.25, -0.2) is 9.97 Å². The number of likely N-dealkylation sites (tertiary alicyclic amines) is 1. The summed E-state index contributed by atoms with van der Waals surface area (Å²) in [7, 11) is 0. The van der Waals surface area contributed by atoms with Gasteiger partial charge in [-0.2, -0.15) is 0 Å². The first kappa shape index (κ1) is 13.2. The van der Waals surface area contributed by atoms with Crippen LogP contribution in [0.2, 0.25) is 0 Å². The van der Waals surface area contributed by atoms with Crippen LogP contribution < -0.4 is 0 Å². The molecule has 5 nitrogen and oxygen atoms in total. The molecule has 5 heteroatoms. The van der Waals surface area contributed by atoms with Gasteiger partial charge < -0.3 is 14.2 Å². The third-order valence-corrected chi connectivity index (χ3v) is 4.83. The van der Waals surface area contributed by atoms with Gasteiger partial charge in [0.2, 0.25) is 0 Å². The highest BCUT2D eigenvalue weighted by Gasteiger charge is 2.31. The number of likely N-dealkylation sites (N-methyl/N-ethyl adjacent to an activating group) is 1. The van der Waals surface area contributed by atoms with Gasteiger partial charge in [-0.05, 0) is 31.5 Å². The third kappa shape index (κ3) is 2.24. The summed E-state index contributed by atoms with van der Waals surface area (Å²) in [6.07, 6.45) is 4.14. The fourth-order valence-corrected chi connectivity index (χ4v) is 3.64. The average molecular weight is 286 g/mol. The molecule has 2 unspecified atom stereocenters. The van der Waals surface area contributed by atoms with E-state index in [0.29, 0.717) is 12.0 Å². The van der Waals surface area contributed by atoms with Gasteiger partial charge in [-0.15, -0.1) is 0 Å². The van der Waals surface area contributed by atoms with Crippen LogP contribution in [0.1, 0.15) is 37.5 Å². The molecule has 0 radical (unpaired) electrons. The highest BCUT2D eigenvalue weighted by atomic mass is 16.5. The molecule has 0 aromatic carbocycles. The van der Waals surface area contributed by atoms with Crippen molar-refractivity contribution in [2.24, 2.45) is 0 Å². The molecule has 0 aliphatic carbocycles. The Morgan fingerprint density at radius 1 is 1.38 bits per heavy atom. The van der Waals surface area contributed by atoms with Gasteiger partial charge in [0.05, 0.1) is 12.6 Å². The second kappa shape index (κ2) is 5.39. The van der Waals surface area contributed by atoms with Gasteiger partial charge in [0.1, 0.15) is 11.3 Å². The number of rotatable bonds is 3. The van der Waals surface area contributed by atoms with E-state index in [9.17, 15) is 0 Å². The van der Waals surface area contributed by atoms with Crippen molar-refractivity contribution in [3.8, 4) is 0 Å². The zero-order chi connectivity index (χ0) is 14.2. The Balaban J connectivity index is 1.79. The molecule has 2 aromatic rings. The lowest BCUT2D eigenvalue weighted by molar-refractivity contribution is 0.192. The maximum Gasteiger partial charge on any atom is 0.160 e. The molecule has 0 bridgehead atoms. The fourth-order valence-electron chi connectivity index (χ4n) is 3.64. The van der Waals surface area contributed by atoms with Crippen molar-refractivity contribution < 1.29 is 4.74 Å². The van der Waals surface area contributed by atoms with Gasteiger partial charge in [-0.1, -0.05) is 6.92 Å². The first-order chi connectivity index (χ1) is 10.4. The molecule has 2 fully saturated rings. The minimum atomic E-state index is 0.426. The quantitative estimate of drug-likeness (QED) is 0.867. The summed E-state index contributed by atoms with van der Waals surface area (Å²) >= 11 is 0. The molecule has 2 atom stereocenters. The summed E-state index contributed by atoms with van der Waals surface area (Å²) in [6.45, 7) is 7.30. The molecule has 112 valence electrons. The van der Waals surface area contributed by atoms with Gasteiger partial charge in [-0.3, -0.25) is 0 Å². The number of aromatic nitrogens is 3. The summed E-state index contributed by atoms with van der Waals surface area (Å²) in [4.78, 5) is 12.0. The van der Waals surface area contributed by atoms with E-state index in [1.165, 1.54) is 18.8 Å². The number of fused-ring (bicyclic) bond motifs is 1. The van der Waals surface area contributed by atoms with Crippen molar-refractivity contribution in [3.63, 3.8) is 0 Å². The molecule has 0 saturated carbocycles. The summed E-state index contributed by atoms with van der Waals surface area (Å²) in [5, 5.41) is 0. The van der Waals surface area contributed by atoms with Crippen LogP contribution in [0.4, 0.5) is 0 Å². The Morgan fingerprint density at radius 3 is 3.10 bits per heavy atom. The van der Waals surface area contributed by atoms with Gasteiger partial charge in [0.15, 0.2) is 5.65 Å². The van der Waals surface area contributed by atoms with E-state index >= 15 is 0 Å². The highest BCUT2D eigenvalue weighted by molar-refractivity contribution is 5.71. The Labute approximate surface area is 124 Å². The third-order valence-electron chi connectivity index (χ3n) is 4.83. The minimum Gasteiger partial charge on any atom is -0.381 e. The van der Waals surface area contributed by atoms with Crippen LogP contribution in [0.25, 0.3) is 11.2 Å². The van der Waals surface area contributed by atoms with Gasteiger partial charge >= 0.3 is 0 Å². The van der Waals surface area contributed by atoms with Gasteiger partial charge in [0.25, 0.3) is 0 Å². The first-order valence-corrected chi connectivity index (χ1v) is 7.99. The number of hydrogen-bond donors (Lipinski definition) is 0. The summed E-state index contributed by atoms with van der Waals surface area (Å²) < 4.78 is 7.99. The van der Waals surface area contributed by atoms with E-state index in [-0.39, 0.29) is 0 Å². The number of pyridine rings is 1. The summed E-state index contributed by atoms with van der Waals surface area (Å²) in [5.74, 6) is 1.61. The second-order valence-electron chi connectivity index (χ2n) is 6.08. The molecule has 2 aliphatic heterocycles. The van der Waals surface area contributed by atoms with E-state index in [1.54, 1.807) is 0 Å². The molecule has 21 heavy (non-hydrogen) atoms. The van der Waals surface area contributed by atoms with Crippen LogP contribution >= 0.6 is 0 Å². The van der Waals surface area contributed by atoms with Gasteiger partial charge in [0, 0.05) is 31.8 Å². The number of hydrogen-bond acceptors (Lipinski definition) is 4. The lowest BCUT2D eigenvalue weighted by Gasteiger charge is -2.19. The molecule has 4 heterocycles. The summed E-state index contributed by atoms with van der Waals surface area (Å²) in [6, 6.07) is 4.55. The van der Waals surface area contributed by atoms with Crippen molar-refractivity contribution in [2.45, 2.75) is 31.7 Å². The van der Waals surface area contributed by atoms with Crippen molar-refractivity contribution in [2.75, 3.05) is 32.8 Å². The Hall–Kier alpha value is -1.46. The minimum absolute atomic E-state index is 0.426. The smallest absolute Gasteiger partial charge is 0.160 e. The first-order valence-electron chi connectivity index (χ1n) is 7.99. The second-order valence-corrected chi connectivity index (χ2v) is 6.08. The van der Waals surface area contributed by atoms with E-state index in [1.807, 2.05) is 12.3 Å². The average Bonchev–Trinajstić information content (AvgIpc) is 3.24. The van der Waals surface area contributed by atoms with Crippen molar-refractivity contribution in [1.82, 2.24) is 19.4 Å². The zero-order valence-electron chi connectivity index (χ0n) is 12.5. The SMILES string of the molecule is CCN1CCC(n2c(C3CCOC3)nc3cccnc32)C1. The van der Waals surface area contributed by atoms with E-state index in [4.69, 9.17) is 9.72 Å². The molecular weight excluding hydrogens is 264 g/mol. The number of imidazole rings is 1. The predicted molar refractivity (Wildman–Crippen MR) is 81.5 cm³/mol. The molecular formula is C16H22N4O. The molecule has 0 N–H and O–H groups in total. The van der Waals surface area contributed by atoms with E-state index in [0.717, 1.165) is 43.9 Å². The predicted octanol–water partition coefficient (Wildman–Crippen LogP) is 2.20. The maximum absolute atomic E-state index is 5.58. The topological polar surface area (TPSA) is 43.2 Å². The maximum atomic E-state index is 5.58. The van der Waals surface area contributed by atoms with Crippen LogP contribution in [0.15, 0.2) is 18.3 Å². The lowest BCUT2D eigenvalue weighted by Crippen LogP contribution is -2.22. The molecule has 0 amide bonds. The van der Waals surface area contributed by atoms with Crippen LogP contribution in [-0.2, 0) is 4.74 Å². The van der Waals surface area contributed by atoms with Crippen LogP contribution in [0.5, 0.6) is 0 Å². The Bertz CT molecular complexity index is 632. The molecule has 2 saturated heterocycles. The molecule has 2 aliphatic rings. The van der Waals surface area contributed by atoms with E-state index < -0.39 is 0 Å². The molecule has 4 rings (SSSR count). The Kier molecular flexibility index (Phi) is 3.39. The summed E-state index contributed by atoms with van der Waals surface area (Å²) in [5.41, 5.74) is 2.07.